The summed E-state index contributed by atoms with van der Waals surface area (Å²) in [6, 6.07) is 10.0. The molecule has 0 bridgehead atoms. The Kier molecular flexibility index (Phi) is 8.55. The van der Waals surface area contributed by atoms with Gasteiger partial charge in [-0.15, -0.1) is 12.4 Å². The van der Waals surface area contributed by atoms with Gasteiger partial charge in [0.15, 0.2) is 0 Å². The number of ether oxygens (including phenoxy) is 2. The van der Waals surface area contributed by atoms with Crippen molar-refractivity contribution in [3.8, 4) is 0 Å². The fourth-order valence-electron chi connectivity index (χ4n) is 2.75. The van der Waals surface area contributed by atoms with Crippen LogP contribution in [0, 0.1) is 0 Å². The molecule has 0 unspecified atom stereocenters. The van der Waals surface area contributed by atoms with E-state index in [1.807, 2.05) is 37.4 Å². The van der Waals surface area contributed by atoms with E-state index in [0.717, 1.165) is 31.5 Å². The molecule has 5 nitrogen and oxygen atoms in total. The second-order valence-corrected chi connectivity index (χ2v) is 5.71. The number of carbonyl (C=O) groups is 1. The molecule has 1 aliphatic rings. The van der Waals surface area contributed by atoms with Gasteiger partial charge in [-0.25, -0.2) is 0 Å². The van der Waals surface area contributed by atoms with Crippen LogP contribution in [0.5, 0.6) is 0 Å². The van der Waals surface area contributed by atoms with E-state index >= 15 is 0 Å². The summed E-state index contributed by atoms with van der Waals surface area (Å²) in [5.74, 6) is 0.0554. The lowest BCUT2D eigenvalue weighted by molar-refractivity contribution is -0.157. The predicted molar refractivity (Wildman–Crippen MR) is 92.8 cm³/mol. The van der Waals surface area contributed by atoms with Gasteiger partial charge in [0.25, 0.3) is 5.91 Å². The maximum absolute atomic E-state index is 12.6. The molecule has 130 valence electrons. The van der Waals surface area contributed by atoms with Crippen LogP contribution in [0.15, 0.2) is 30.3 Å². The van der Waals surface area contributed by atoms with Crippen molar-refractivity contribution in [3.63, 3.8) is 0 Å². The number of rotatable bonds is 7. The maximum atomic E-state index is 12.6. The SMILES string of the molecule is COC1(C(=O)N(C)CCOCc2ccccc2)CCNCC1.Cl. The van der Waals surface area contributed by atoms with E-state index < -0.39 is 5.60 Å². The van der Waals surface area contributed by atoms with Gasteiger partial charge in [0.2, 0.25) is 0 Å². The van der Waals surface area contributed by atoms with Crippen LogP contribution in [-0.2, 0) is 20.9 Å². The van der Waals surface area contributed by atoms with Crippen molar-refractivity contribution in [1.82, 2.24) is 10.2 Å². The minimum absolute atomic E-state index is 0. The van der Waals surface area contributed by atoms with Crippen LogP contribution >= 0.6 is 12.4 Å². The summed E-state index contributed by atoms with van der Waals surface area (Å²) in [5, 5.41) is 3.26. The highest BCUT2D eigenvalue weighted by atomic mass is 35.5. The lowest BCUT2D eigenvalue weighted by Crippen LogP contribution is -2.54. The number of hydrogen-bond acceptors (Lipinski definition) is 4. The Hall–Kier alpha value is -1.14. The summed E-state index contributed by atoms with van der Waals surface area (Å²) >= 11 is 0. The van der Waals surface area contributed by atoms with Crippen molar-refractivity contribution in [2.45, 2.75) is 25.0 Å². The number of carbonyl (C=O) groups excluding carboxylic acids is 1. The van der Waals surface area contributed by atoms with Gasteiger partial charge in [0, 0.05) is 20.7 Å². The zero-order chi connectivity index (χ0) is 15.8. The van der Waals surface area contributed by atoms with Crippen molar-refractivity contribution >= 4 is 18.3 Å². The van der Waals surface area contributed by atoms with Crippen LogP contribution in [0.3, 0.4) is 0 Å². The number of nitrogens with zero attached hydrogens (tertiary/aromatic N) is 1. The Balaban J connectivity index is 0.00000264. The summed E-state index contributed by atoms with van der Waals surface area (Å²) < 4.78 is 11.2. The van der Waals surface area contributed by atoms with Gasteiger partial charge in [0.1, 0.15) is 5.60 Å². The van der Waals surface area contributed by atoms with Gasteiger partial charge in [-0.1, -0.05) is 30.3 Å². The molecule has 0 aliphatic carbocycles. The molecular weight excluding hydrogens is 316 g/mol. The minimum Gasteiger partial charge on any atom is -0.375 e. The van der Waals surface area contributed by atoms with Gasteiger partial charge < -0.3 is 19.7 Å². The third-order valence-corrected chi connectivity index (χ3v) is 4.22. The summed E-state index contributed by atoms with van der Waals surface area (Å²) in [6.07, 6.45) is 1.44. The molecule has 1 fully saturated rings. The smallest absolute Gasteiger partial charge is 0.254 e. The molecule has 1 heterocycles. The van der Waals surface area contributed by atoms with E-state index in [-0.39, 0.29) is 18.3 Å². The Morgan fingerprint density at radius 1 is 1.26 bits per heavy atom. The number of nitrogens with one attached hydrogen (secondary N) is 1. The molecule has 0 aromatic heterocycles. The van der Waals surface area contributed by atoms with Gasteiger partial charge >= 0.3 is 0 Å². The van der Waals surface area contributed by atoms with Crippen LogP contribution < -0.4 is 5.32 Å². The molecule has 6 heteroatoms. The first-order chi connectivity index (χ1) is 10.7. The van der Waals surface area contributed by atoms with Gasteiger partial charge in [-0.05, 0) is 31.5 Å². The first-order valence-electron chi connectivity index (χ1n) is 7.81. The second-order valence-electron chi connectivity index (χ2n) is 5.71. The van der Waals surface area contributed by atoms with Crippen molar-refractivity contribution in [1.29, 1.82) is 0 Å². The first-order valence-corrected chi connectivity index (χ1v) is 7.81. The Bertz CT molecular complexity index is 464. The maximum Gasteiger partial charge on any atom is 0.254 e. The molecule has 1 N–H and O–H groups in total. The van der Waals surface area contributed by atoms with Crippen LogP contribution in [-0.4, -0.2) is 56.8 Å². The highest BCUT2D eigenvalue weighted by Crippen LogP contribution is 2.24. The standard InChI is InChI=1S/C17H26N2O3.ClH/c1-19(12-13-22-14-15-6-4-3-5-7-15)16(20)17(21-2)8-10-18-11-9-17;/h3-7,18H,8-14H2,1-2H3;1H. The molecule has 0 atom stereocenters. The Morgan fingerprint density at radius 2 is 1.91 bits per heavy atom. The van der Waals surface area contributed by atoms with Crippen LogP contribution in [0.4, 0.5) is 0 Å². The van der Waals surface area contributed by atoms with E-state index in [4.69, 9.17) is 9.47 Å². The third-order valence-electron chi connectivity index (χ3n) is 4.22. The molecule has 1 amide bonds. The van der Waals surface area contributed by atoms with Gasteiger partial charge in [0.05, 0.1) is 13.2 Å². The third kappa shape index (κ3) is 5.46. The average Bonchev–Trinajstić information content (AvgIpc) is 2.59. The zero-order valence-electron chi connectivity index (χ0n) is 13.9. The van der Waals surface area contributed by atoms with Crippen molar-refractivity contribution in [2.24, 2.45) is 0 Å². The molecule has 1 aliphatic heterocycles. The van der Waals surface area contributed by atoms with Gasteiger partial charge in [-0.2, -0.15) is 0 Å². The van der Waals surface area contributed by atoms with E-state index in [1.54, 1.807) is 12.0 Å². The van der Waals surface area contributed by atoms with E-state index in [2.05, 4.69) is 5.32 Å². The number of halogens is 1. The van der Waals surface area contributed by atoms with Gasteiger partial charge in [-0.3, -0.25) is 4.79 Å². The number of piperidine rings is 1. The Labute approximate surface area is 144 Å². The quantitative estimate of drug-likeness (QED) is 0.768. The van der Waals surface area contributed by atoms with E-state index in [0.29, 0.717) is 19.8 Å². The molecule has 0 saturated carbocycles. The molecule has 0 radical (unpaired) electrons. The topological polar surface area (TPSA) is 50.8 Å². The number of benzene rings is 1. The first kappa shape index (κ1) is 19.9. The molecule has 0 spiro atoms. The highest BCUT2D eigenvalue weighted by molar-refractivity contribution is 5.85. The molecular formula is C17H27ClN2O3. The molecule has 1 saturated heterocycles. The number of amides is 1. The van der Waals surface area contributed by atoms with Crippen molar-refractivity contribution < 1.29 is 14.3 Å². The predicted octanol–water partition coefficient (Wildman–Crippen LogP) is 1.85. The largest absolute Gasteiger partial charge is 0.375 e. The molecule has 1 aromatic rings. The zero-order valence-corrected chi connectivity index (χ0v) is 14.7. The second kappa shape index (κ2) is 9.88. The Morgan fingerprint density at radius 3 is 2.52 bits per heavy atom. The minimum atomic E-state index is -0.667. The summed E-state index contributed by atoms with van der Waals surface area (Å²) in [7, 11) is 3.44. The van der Waals surface area contributed by atoms with Crippen LogP contribution in [0.2, 0.25) is 0 Å². The van der Waals surface area contributed by atoms with E-state index in [9.17, 15) is 4.79 Å². The lowest BCUT2D eigenvalue weighted by Gasteiger charge is -2.37. The lowest BCUT2D eigenvalue weighted by atomic mass is 9.90. The molecule has 23 heavy (non-hydrogen) atoms. The van der Waals surface area contributed by atoms with E-state index in [1.165, 1.54) is 0 Å². The normalized spacial score (nSPS) is 16.4. The average molecular weight is 343 g/mol. The fraction of sp³-hybridized carbons (Fsp3) is 0.588. The highest BCUT2D eigenvalue weighted by Gasteiger charge is 2.41. The fourth-order valence-corrected chi connectivity index (χ4v) is 2.75. The monoisotopic (exact) mass is 342 g/mol. The number of likely N-dealkylation sites (N-methyl/N-ethyl adjacent to an activating group) is 1. The molecule has 1 aromatic carbocycles. The van der Waals surface area contributed by atoms with Crippen molar-refractivity contribution in [3.05, 3.63) is 35.9 Å². The summed E-state index contributed by atoms with van der Waals surface area (Å²) in [5.41, 5.74) is 0.475. The number of hydrogen-bond donors (Lipinski definition) is 1. The summed E-state index contributed by atoms with van der Waals surface area (Å²) in [6.45, 7) is 3.30. The summed E-state index contributed by atoms with van der Waals surface area (Å²) in [4.78, 5) is 14.4. The van der Waals surface area contributed by atoms with Crippen LogP contribution in [0.1, 0.15) is 18.4 Å². The van der Waals surface area contributed by atoms with Crippen molar-refractivity contribution in [2.75, 3.05) is 40.4 Å². The number of methoxy groups -OCH3 is 1. The molecule has 2 rings (SSSR count). The van der Waals surface area contributed by atoms with Crippen LogP contribution in [0.25, 0.3) is 0 Å².